The summed E-state index contributed by atoms with van der Waals surface area (Å²) in [6.07, 6.45) is 0.843. The van der Waals surface area contributed by atoms with Crippen LogP contribution in [0.5, 0.6) is 0 Å². The number of nitrogens with zero attached hydrogens (tertiary/aromatic N) is 2. The van der Waals surface area contributed by atoms with E-state index >= 15 is 0 Å². The summed E-state index contributed by atoms with van der Waals surface area (Å²) >= 11 is 6.26. The number of rotatable bonds is 3. The molecule has 0 aliphatic carbocycles. The van der Waals surface area contributed by atoms with Gasteiger partial charge in [0.25, 0.3) is 16.0 Å². The topological polar surface area (TPSA) is 87.0 Å². The molecule has 0 radical (unpaired) electrons. The second kappa shape index (κ2) is 5.55. The Hall–Kier alpha value is -0.770. The van der Waals surface area contributed by atoms with E-state index < -0.39 is 10.1 Å². The number of hydrogen-bond donors (Lipinski definition) is 1. The molecule has 0 aromatic heterocycles. The highest BCUT2D eigenvalue weighted by Crippen LogP contribution is 2.37. The predicted octanol–water partition coefficient (Wildman–Crippen LogP) is 2.96. The molecule has 1 aliphatic heterocycles. The van der Waals surface area contributed by atoms with E-state index in [4.69, 9.17) is 0 Å². The molecule has 1 aromatic carbocycles. The van der Waals surface area contributed by atoms with Crippen molar-refractivity contribution in [2.75, 3.05) is 5.01 Å². The van der Waals surface area contributed by atoms with Gasteiger partial charge in [-0.15, -0.1) is 0 Å². The Kier molecular flexibility index (Phi) is 4.33. The highest BCUT2D eigenvalue weighted by molar-refractivity contribution is 9.11. The van der Waals surface area contributed by atoms with Crippen LogP contribution in [-0.4, -0.2) is 24.6 Å². The molecule has 6 nitrogen and oxygen atoms in total. The molecule has 0 spiro atoms. The van der Waals surface area contributed by atoms with E-state index in [1.807, 2.05) is 6.92 Å². The number of carbonyl (C=O) groups excluding carboxylic acids is 1. The monoisotopic (exact) mass is 424 g/mol. The van der Waals surface area contributed by atoms with Crippen LogP contribution in [0.2, 0.25) is 0 Å². The van der Waals surface area contributed by atoms with Crippen molar-refractivity contribution in [3.63, 3.8) is 0 Å². The number of anilines is 1. The molecule has 0 unspecified atom stereocenters. The van der Waals surface area contributed by atoms with Crippen LogP contribution < -0.4 is 5.01 Å². The third-order valence-corrected chi connectivity index (χ3v) is 5.16. The maximum Gasteiger partial charge on any atom is 0.295 e. The van der Waals surface area contributed by atoms with Crippen LogP contribution in [0, 0.1) is 0 Å². The SMILES string of the molecule is CCC1=NN(c2cc(Br)cc(S(=O)(=O)O)c2Br)C(=O)C1. The fraction of sp³-hybridized carbons (Fsp3) is 0.273. The first-order valence-electron chi connectivity index (χ1n) is 5.60. The Morgan fingerprint density at radius 2 is 2.05 bits per heavy atom. The highest BCUT2D eigenvalue weighted by Gasteiger charge is 2.28. The number of benzene rings is 1. The summed E-state index contributed by atoms with van der Waals surface area (Å²) in [6, 6.07) is 2.80. The van der Waals surface area contributed by atoms with Crippen molar-refractivity contribution < 1.29 is 17.8 Å². The van der Waals surface area contributed by atoms with E-state index in [0.29, 0.717) is 10.9 Å². The summed E-state index contributed by atoms with van der Waals surface area (Å²) in [6.45, 7) is 1.88. The Balaban J connectivity index is 2.62. The summed E-state index contributed by atoms with van der Waals surface area (Å²) in [7, 11) is -4.41. The van der Waals surface area contributed by atoms with Gasteiger partial charge in [-0.05, 0) is 34.5 Å². The molecular formula is C11H10Br2N2O4S. The van der Waals surface area contributed by atoms with Crippen molar-refractivity contribution in [3.05, 3.63) is 21.1 Å². The molecule has 1 aliphatic rings. The van der Waals surface area contributed by atoms with Gasteiger partial charge in [0.1, 0.15) is 4.90 Å². The first-order chi connectivity index (χ1) is 9.24. The summed E-state index contributed by atoms with van der Waals surface area (Å²) in [5.41, 5.74) is 0.982. The zero-order valence-electron chi connectivity index (χ0n) is 10.3. The maximum absolute atomic E-state index is 11.9. The van der Waals surface area contributed by atoms with Gasteiger partial charge in [-0.25, -0.2) is 0 Å². The van der Waals surface area contributed by atoms with Gasteiger partial charge in [0, 0.05) is 10.2 Å². The summed E-state index contributed by atoms with van der Waals surface area (Å²) in [5, 5.41) is 5.30. The van der Waals surface area contributed by atoms with Crippen molar-refractivity contribution >= 4 is 59.3 Å². The molecular weight excluding hydrogens is 416 g/mol. The molecule has 0 saturated heterocycles. The smallest absolute Gasteiger partial charge is 0.282 e. The molecule has 108 valence electrons. The van der Waals surface area contributed by atoms with Crippen molar-refractivity contribution in [2.45, 2.75) is 24.7 Å². The lowest BCUT2D eigenvalue weighted by Gasteiger charge is -2.16. The van der Waals surface area contributed by atoms with Crippen LogP contribution in [0.3, 0.4) is 0 Å². The third-order valence-electron chi connectivity index (χ3n) is 2.73. The van der Waals surface area contributed by atoms with Gasteiger partial charge in [0.2, 0.25) is 0 Å². The molecule has 0 fully saturated rings. The van der Waals surface area contributed by atoms with Crippen molar-refractivity contribution in [2.24, 2.45) is 5.10 Å². The molecule has 1 heterocycles. The zero-order chi connectivity index (χ0) is 15.1. The van der Waals surface area contributed by atoms with Crippen LogP contribution in [0.4, 0.5) is 5.69 Å². The van der Waals surface area contributed by atoms with E-state index in [0.717, 1.165) is 10.7 Å². The highest BCUT2D eigenvalue weighted by atomic mass is 79.9. The Labute approximate surface area is 132 Å². The van der Waals surface area contributed by atoms with Crippen LogP contribution in [0.1, 0.15) is 19.8 Å². The molecule has 0 saturated carbocycles. The summed E-state index contributed by atoms with van der Waals surface area (Å²) in [5.74, 6) is -0.248. The van der Waals surface area contributed by atoms with Gasteiger partial charge in [-0.1, -0.05) is 22.9 Å². The predicted molar refractivity (Wildman–Crippen MR) is 81.5 cm³/mol. The number of halogens is 2. The molecule has 0 atom stereocenters. The summed E-state index contributed by atoms with van der Waals surface area (Å²) < 4.78 is 32.4. The number of hydrogen-bond acceptors (Lipinski definition) is 4. The normalized spacial score (nSPS) is 15.7. The molecule has 9 heteroatoms. The average Bonchev–Trinajstić information content (AvgIpc) is 2.71. The number of hydrazone groups is 1. The number of amides is 1. The molecule has 1 amide bonds. The molecule has 20 heavy (non-hydrogen) atoms. The average molecular weight is 426 g/mol. The van der Waals surface area contributed by atoms with Gasteiger partial charge in [-0.2, -0.15) is 18.5 Å². The van der Waals surface area contributed by atoms with E-state index in [1.165, 1.54) is 6.07 Å². The Morgan fingerprint density at radius 1 is 1.40 bits per heavy atom. The zero-order valence-corrected chi connectivity index (χ0v) is 14.3. The van der Waals surface area contributed by atoms with Crippen LogP contribution >= 0.6 is 31.9 Å². The van der Waals surface area contributed by atoms with Crippen molar-refractivity contribution in [1.82, 2.24) is 0 Å². The minimum absolute atomic E-state index is 0.0950. The lowest BCUT2D eigenvalue weighted by atomic mass is 10.2. The number of carbonyl (C=O) groups is 1. The van der Waals surface area contributed by atoms with E-state index in [2.05, 4.69) is 37.0 Å². The lowest BCUT2D eigenvalue weighted by Crippen LogP contribution is -2.20. The molecule has 1 aromatic rings. The third kappa shape index (κ3) is 2.95. The van der Waals surface area contributed by atoms with Gasteiger partial charge >= 0.3 is 0 Å². The van der Waals surface area contributed by atoms with Gasteiger partial charge in [0.15, 0.2) is 0 Å². The van der Waals surface area contributed by atoms with Crippen molar-refractivity contribution in [3.8, 4) is 0 Å². The van der Waals surface area contributed by atoms with E-state index in [-0.39, 0.29) is 27.4 Å². The Morgan fingerprint density at radius 3 is 2.55 bits per heavy atom. The second-order valence-electron chi connectivity index (χ2n) is 4.11. The largest absolute Gasteiger partial charge is 0.295 e. The molecule has 0 bridgehead atoms. The van der Waals surface area contributed by atoms with E-state index in [1.54, 1.807) is 6.07 Å². The van der Waals surface area contributed by atoms with Crippen LogP contribution in [0.15, 0.2) is 31.1 Å². The quantitative estimate of drug-likeness (QED) is 0.754. The second-order valence-corrected chi connectivity index (χ2v) is 7.21. The van der Waals surface area contributed by atoms with Gasteiger partial charge in [-0.3, -0.25) is 9.35 Å². The molecule has 2 rings (SSSR count). The van der Waals surface area contributed by atoms with E-state index in [9.17, 15) is 17.8 Å². The minimum Gasteiger partial charge on any atom is -0.282 e. The standard InChI is InChI=1S/C11H10Br2N2O4S/c1-2-7-5-10(16)15(14-7)8-3-6(12)4-9(11(8)13)20(17,18)19/h3-4H,2,5H2,1H3,(H,17,18,19). The lowest BCUT2D eigenvalue weighted by molar-refractivity contribution is -0.116. The van der Waals surface area contributed by atoms with Gasteiger partial charge in [0.05, 0.1) is 16.6 Å². The fourth-order valence-corrected chi connectivity index (χ4v) is 3.97. The minimum atomic E-state index is -4.41. The van der Waals surface area contributed by atoms with Crippen LogP contribution in [-0.2, 0) is 14.9 Å². The Bertz CT molecular complexity index is 715. The van der Waals surface area contributed by atoms with Gasteiger partial charge < -0.3 is 0 Å². The first-order valence-corrected chi connectivity index (χ1v) is 8.62. The first kappa shape index (κ1) is 15.6. The maximum atomic E-state index is 11.9. The van der Waals surface area contributed by atoms with Crippen LogP contribution in [0.25, 0.3) is 0 Å². The summed E-state index contributed by atoms with van der Waals surface area (Å²) in [4.78, 5) is 11.6. The molecule has 1 N–H and O–H groups in total. The fourth-order valence-electron chi connectivity index (χ4n) is 1.76. The van der Waals surface area contributed by atoms with Crippen molar-refractivity contribution in [1.29, 1.82) is 0 Å².